The maximum absolute atomic E-state index is 12.4. The number of hydrogen-bond acceptors (Lipinski definition) is 4. The summed E-state index contributed by atoms with van der Waals surface area (Å²) in [4.78, 5) is 12.4. The maximum atomic E-state index is 12.4. The van der Waals surface area contributed by atoms with Crippen molar-refractivity contribution in [2.24, 2.45) is 0 Å². The van der Waals surface area contributed by atoms with Gasteiger partial charge in [0, 0.05) is 29.8 Å². The lowest BCUT2D eigenvalue weighted by Gasteiger charge is -2.29. The second kappa shape index (κ2) is 5.93. The number of nitrogens with one attached hydrogen (secondary N) is 2. The van der Waals surface area contributed by atoms with Gasteiger partial charge in [-0.25, -0.2) is 0 Å². The van der Waals surface area contributed by atoms with Crippen LogP contribution in [0.5, 0.6) is 11.5 Å². The molecule has 2 aliphatic rings. The van der Waals surface area contributed by atoms with Crippen molar-refractivity contribution in [1.29, 1.82) is 0 Å². The van der Waals surface area contributed by atoms with Gasteiger partial charge in [0.05, 0.1) is 14.2 Å². The molecule has 0 aliphatic carbocycles. The van der Waals surface area contributed by atoms with Crippen LogP contribution in [-0.2, 0) is 0 Å². The molecule has 2 saturated heterocycles. The van der Waals surface area contributed by atoms with Gasteiger partial charge in [-0.05, 0) is 37.8 Å². The molecule has 1 aromatic rings. The summed E-state index contributed by atoms with van der Waals surface area (Å²) in [5, 5.41) is 6.73. The Bertz CT molecular complexity index is 498. The monoisotopic (exact) mass is 290 g/mol. The Hall–Kier alpha value is -1.75. The maximum Gasteiger partial charge on any atom is 0.251 e. The van der Waals surface area contributed by atoms with Gasteiger partial charge >= 0.3 is 0 Å². The average molecular weight is 290 g/mol. The van der Waals surface area contributed by atoms with Crippen LogP contribution in [0.4, 0.5) is 0 Å². The minimum absolute atomic E-state index is 0.0569. The molecule has 1 amide bonds. The molecular weight excluding hydrogens is 268 g/mol. The van der Waals surface area contributed by atoms with E-state index in [4.69, 9.17) is 9.47 Å². The Morgan fingerprint density at radius 2 is 1.67 bits per heavy atom. The number of carbonyl (C=O) groups is 1. The number of rotatable bonds is 4. The molecular formula is C16H22N2O3. The molecule has 0 aromatic heterocycles. The fourth-order valence-corrected chi connectivity index (χ4v) is 3.38. The van der Waals surface area contributed by atoms with Crippen LogP contribution in [-0.4, -0.2) is 38.3 Å². The van der Waals surface area contributed by atoms with Gasteiger partial charge in [0.2, 0.25) is 0 Å². The summed E-state index contributed by atoms with van der Waals surface area (Å²) in [5.74, 6) is 1.20. The molecule has 114 valence electrons. The Morgan fingerprint density at radius 3 is 2.19 bits per heavy atom. The van der Waals surface area contributed by atoms with Gasteiger partial charge in [0.15, 0.2) is 0 Å². The predicted octanol–water partition coefficient (Wildman–Crippen LogP) is 1.72. The van der Waals surface area contributed by atoms with Crippen LogP contribution >= 0.6 is 0 Å². The molecule has 2 heterocycles. The highest BCUT2D eigenvalue weighted by Gasteiger charge is 2.34. The minimum atomic E-state index is -0.0569. The van der Waals surface area contributed by atoms with E-state index >= 15 is 0 Å². The SMILES string of the molecule is COc1cc(OC)cc(C(=O)NC2CC3CCC(C2)N3)c1. The van der Waals surface area contributed by atoms with Crippen molar-refractivity contribution in [3.8, 4) is 11.5 Å². The van der Waals surface area contributed by atoms with Gasteiger partial charge in [-0.2, -0.15) is 0 Å². The van der Waals surface area contributed by atoms with Crippen molar-refractivity contribution >= 4 is 5.91 Å². The first-order valence-corrected chi connectivity index (χ1v) is 7.48. The van der Waals surface area contributed by atoms with Gasteiger partial charge in [0.1, 0.15) is 11.5 Å². The van der Waals surface area contributed by atoms with Crippen LogP contribution in [0.1, 0.15) is 36.0 Å². The molecule has 2 N–H and O–H groups in total. The Balaban J connectivity index is 1.70. The van der Waals surface area contributed by atoms with Gasteiger partial charge in [-0.15, -0.1) is 0 Å². The molecule has 21 heavy (non-hydrogen) atoms. The third-order valence-corrected chi connectivity index (χ3v) is 4.42. The summed E-state index contributed by atoms with van der Waals surface area (Å²) in [6.45, 7) is 0. The van der Waals surface area contributed by atoms with Gasteiger partial charge in [-0.3, -0.25) is 4.79 Å². The van der Waals surface area contributed by atoms with E-state index in [9.17, 15) is 4.79 Å². The van der Waals surface area contributed by atoms with E-state index in [1.54, 1.807) is 32.4 Å². The van der Waals surface area contributed by atoms with E-state index in [-0.39, 0.29) is 11.9 Å². The highest BCUT2D eigenvalue weighted by atomic mass is 16.5. The molecule has 2 fully saturated rings. The largest absolute Gasteiger partial charge is 0.497 e. The first kappa shape index (κ1) is 14.2. The number of hydrogen-bond donors (Lipinski definition) is 2. The Morgan fingerprint density at radius 1 is 1.10 bits per heavy atom. The van der Waals surface area contributed by atoms with Crippen LogP contribution in [0.15, 0.2) is 18.2 Å². The number of fused-ring (bicyclic) bond motifs is 2. The quantitative estimate of drug-likeness (QED) is 0.886. The smallest absolute Gasteiger partial charge is 0.251 e. The molecule has 0 radical (unpaired) electrons. The number of carbonyl (C=O) groups excluding carboxylic acids is 1. The summed E-state index contributed by atoms with van der Waals surface area (Å²) in [6, 6.07) is 6.64. The third kappa shape index (κ3) is 3.13. The van der Waals surface area contributed by atoms with E-state index in [2.05, 4.69) is 10.6 Å². The van der Waals surface area contributed by atoms with Gasteiger partial charge in [0.25, 0.3) is 5.91 Å². The van der Waals surface area contributed by atoms with E-state index in [0.29, 0.717) is 29.1 Å². The fourth-order valence-electron chi connectivity index (χ4n) is 3.38. The van der Waals surface area contributed by atoms with Crippen LogP contribution in [0.3, 0.4) is 0 Å². The van der Waals surface area contributed by atoms with Crippen molar-refractivity contribution in [1.82, 2.24) is 10.6 Å². The van der Waals surface area contributed by atoms with Crippen LogP contribution in [0.2, 0.25) is 0 Å². The summed E-state index contributed by atoms with van der Waals surface area (Å²) >= 11 is 0. The first-order valence-electron chi connectivity index (χ1n) is 7.48. The number of benzene rings is 1. The zero-order valence-electron chi connectivity index (χ0n) is 12.5. The molecule has 0 spiro atoms. The minimum Gasteiger partial charge on any atom is -0.497 e. The highest BCUT2D eigenvalue weighted by Crippen LogP contribution is 2.27. The fraction of sp³-hybridized carbons (Fsp3) is 0.562. The summed E-state index contributed by atoms with van der Waals surface area (Å²) in [5.41, 5.74) is 0.581. The second-order valence-electron chi connectivity index (χ2n) is 5.88. The van der Waals surface area contributed by atoms with Gasteiger partial charge < -0.3 is 20.1 Å². The average Bonchev–Trinajstić information content (AvgIpc) is 2.85. The molecule has 5 heteroatoms. The molecule has 5 nitrogen and oxygen atoms in total. The predicted molar refractivity (Wildman–Crippen MR) is 80.0 cm³/mol. The van der Waals surface area contributed by atoms with Crippen molar-refractivity contribution in [3.05, 3.63) is 23.8 Å². The standard InChI is InChI=1S/C16H22N2O3/c1-20-14-5-10(6-15(9-14)21-2)16(19)18-13-7-11-3-4-12(8-13)17-11/h5-6,9,11-13,17H,3-4,7-8H2,1-2H3,(H,18,19). The van der Waals surface area contributed by atoms with Crippen molar-refractivity contribution in [2.45, 2.75) is 43.8 Å². The molecule has 3 rings (SSSR count). The van der Waals surface area contributed by atoms with Crippen LogP contribution in [0.25, 0.3) is 0 Å². The summed E-state index contributed by atoms with van der Waals surface area (Å²) in [6.07, 6.45) is 4.49. The molecule has 2 atom stereocenters. The van der Waals surface area contributed by atoms with E-state index in [1.165, 1.54) is 12.8 Å². The number of ether oxygens (including phenoxy) is 2. The zero-order chi connectivity index (χ0) is 14.8. The Kier molecular flexibility index (Phi) is 4.01. The zero-order valence-corrected chi connectivity index (χ0v) is 12.5. The number of methoxy groups -OCH3 is 2. The lowest BCUT2D eigenvalue weighted by Crippen LogP contribution is -2.48. The van der Waals surface area contributed by atoms with Gasteiger partial charge in [-0.1, -0.05) is 0 Å². The topological polar surface area (TPSA) is 59.6 Å². The lowest BCUT2D eigenvalue weighted by atomic mass is 9.99. The summed E-state index contributed by atoms with van der Waals surface area (Å²) < 4.78 is 10.4. The molecule has 2 aliphatic heterocycles. The highest BCUT2D eigenvalue weighted by molar-refractivity contribution is 5.95. The van der Waals surface area contributed by atoms with E-state index < -0.39 is 0 Å². The lowest BCUT2D eigenvalue weighted by molar-refractivity contribution is 0.0923. The van der Waals surface area contributed by atoms with Crippen molar-refractivity contribution in [2.75, 3.05) is 14.2 Å². The molecule has 0 saturated carbocycles. The van der Waals surface area contributed by atoms with Crippen molar-refractivity contribution < 1.29 is 14.3 Å². The van der Waals surface area contributed by atoms with Crippen molar-refractivity contribution in [3.63, 3.8) is 0 Å². The molecule has 2 unspecified atom stereocenters. The number of amides is 1. The second-order valence-corrected chi connectivity index (χ2v) is 5.88. The first-order chi connectivity index (χ1) is 10.2. The van der Waals surface area contributed by atoms with Crippen LogP contribution in [0, 0.1) is 0 Å². The Labute approximate surface area is 125 Å². The number of piperidine rings is 1. The normalized spacial score (nSPS) is 27.2. The molecule has 1 aromatic carbocycles. The van der Waals surface area contributed by atoms with E-state index in [1.807, 2.05) is 0 Å². The third-order valence-electron chi connectivity index (χ3n) is 4.42. The van der Waals surface area contributed by atoms with Crippen LogP contribution < -0.4 is 20.1 Å². The summed E-state index contributed by atoms with van der Waals surface area (Å²) in [7, 11) is 3.17. The molecule has 2 bridgehead atoms. The van der Waals surface area contributed by atoms with E-state index in [0.717, 1.165) is 12.8 Å².